The van der Waals surface area contributed by atoms with Gasteiger partial charge in [-0.25, -0.2) is 17.9 Å². The van der Waals surface area contributed by atoms with E-state index in [1.165, 1.54) is 6.08 Å². The zero-order valence-electron chi connectivity index (χ0n) is 9.52. The average Bonchev–Trinajstić information content (AvgIpc) is 2.07. The minimum atomic E-state index is -3.23. The molecule has 0 saturated heterocycles. The number of allylic oxidation sites excluding steroid dienone is 1. The Hall–Kier alpha value is -0.880. The maximum absolute atomic E-state index is 11.3. The van der Waals surface area contributed by atoms with E-state index in [4.69, 9.17) is 4.74 Å². The topological polar surface area (TPSA) is 72.5 Å². The maximum atomic E-state index is 11.3. The number of hydrogen-bond acceptors (Lipinski definition) is 4. The third kappa shape index (κ3) is 5.27. The Morgan fingerprint density at radius 2 is 2.19 bits per heavy atom. The minimum Gasteiger partial charge on any atom is -0.458 e. The highest BCUT2D eigenvalue weighted by Gasteiger charge is 2.13. The number of carbonyl (C=O) groups excluding carboxylic acids is 1. The van der Waals surface area contributed by atoms with Crippen molar-refractivity contribution in [3.05, 3.63) is 11.6 Å². The van der Waals surface area contributed by atoms with Crippen molar-refractivity contribution in [2.24, 2.45) is 0 Å². The lowest BCUT2D eigenvalue weighted by Gasteiger charge is -2.16. The van der Waals surface area contributed by atoms with Crippen molar-refractivity contribution in [1.82, 2.24) is 4.72 Å². The quantitative estimate of drug-likeness (QED) is 0.569. The molecule has 1 saturated carbocycles. The highest BCUT2D eigenvalue weighted by atomic mass is 32.2. The second-order valence-corrected chi connectivity index (χ2v) is 5.86. The number of ether oxygens (including phenoxy) is 1. The summed E-state index contributed by atoms with van der Waals surface area (Å²) in [4.78, 5) is 11.3. The molecule has 0 aromatic rings. The number of hydrogen-bond donors (Lipinski definition) is 1. The van der Waals surface area contributed by atoms with Crippen LogP contribution in [0.1, 0.15) is 26.2 Å². The van der Waals surface area contributed by atoms with E-state index in [-0.39, 0.29) is 6.54 Å². The summed E-state index contributed by atoms with van der Waals surface area (Å²) in [5.41, 5.74) is 1.10. The molecule has 0 amide bonds. The first kappa shape index (κ1) is 13.2. The van der Waals surface area contributed by atoms with Gasteiger partial charge in [0.2, 0.25) is 10.0 Å². The second-order valence-electron chi connectivity index (χ2n) is 4.02. The smallest absolute Gasteiger partial charge is 0.331 e. The lowest BCUT2D eigenvalue weighted by molar-refractivity contribution is -0.141. The van der Waals surface area contributed by atoms with E-state index in [0.717, 1.165) is 31.1 Å². The molecule has 1 fully saturated rings. The standard InChI is InChI=1S/C10H17NO4S/c1-8(7-11-16(2,13)14)15-10(12)6-9-4-3-5-9/h6,8,11H,3-5,7H2,1-2H3/t8-/m1/s1. The van der Waals surface area contributed by atoms with Crippen molar-refractivity contribution < 1.29 is 17.9 Å². The van der Waals surface area contributed by atoms with Gasteiger partial charge in [0.15, 0.2) is 0 Å². The molecule has 0 radical (unpaired) electrons. The van der Waals surface area contributed by atoms with Crippen LogP contribution >= 0.6 is 0 Å². The van der Waals surface area contributed by atoms with E-state index in [9.17, 15) is 13.2 Å². The summed E-state index contributed by atoms with van der Waals surface area (Å²) in [5.74, 6) is -0.391. The van der Waals surface area contributed by atoms with Crippen molar-refractivity contribution in [2.75, 3.05) is 12.8 Å². The van der Waals surface area contributed by atoms with E-state index >= 15 is 0 Å². The number of nitrogens with one attached hydrogen (secondary N) is 1. The molecule has 0 aliphatic heterocycles. The molecule has 0 heterocycles. The van der Waals surface area contributed by atoms with Crippen LogP contribution in [0.3, 0.4) is 0 Å². The van der Waals surface area contributed by atoms with Crippen molar-refractivity contribution >= 4 is 16.0 Å². The summed E-state index contributed by atoms with van der Waals surface area (Å²) in [7, 11) is -3.23. The lowest BCUT2D eigenvalue weighted by Crippen LogP contribution is -2.32. The third-order valence-corrected chi connectivity index (χ3v) is 2.96. The van der Waals surface area contributed by atoms with Crippen molar-refractivity contribution in [3.63, 3.8) is 0 Å². The van der Waals surface area contributed by atoms with Crippen LogP contribution in [0.5, 0.6) is 0 Å². The summed E-state index contributed by atoms with van der Waals surface area (Å²) in [6.07, 6.45) is 5.16. The second kappa shape index (κ2) is 5.45. The van der Waals surface area contributed by atoms with Crippen LogP contribution in [-0.2, 0) is 19.6 Å². The van der Waals surface area contributed by atoms with Gasteiger partial charge in [0.05, 0.1) is 6.26 Å². The maximum Gasteiger partial charge on any atom is 0.331 e. The summed E-state index contributed by atoms with van der Waals surface area (Å²) < 4.78 is 28.9. The van der Waals surface area contributed by atoms with Gasteiger partial charge >= 0.3 is 5.97 Å². The fourth-order valence-corrected chi connectivity index (χ4v) is 1.77. The van der Waals surface area contributed by atoms with Crippen LogP contribution in [0, 0.1) is 0 Å². The third-order valence-electron chi connectivity index (χ3n) is 2.27. The van der Waals surface area contributed by atoms with Crippen LogP contribution in [0.25, 0.3) is 0 Å². The first-order valence-electron chi connectivity index (χ1n) is 5.21. The fraction of sp³-hybridized carbons (Fsp3) is 0.700. The predicted octanol–water partition coefficient (Wildman–Crippen LogP) is 0.578. The Morgan fingerprint density at radius 3 is 2.62 bits per heavy atom. The predicted molar refractivity (Wildman–Crippen MR) is 60.3 cm³/mol. The first-order valence-corrected chi connectivity index (χ1v) is 7.10. The summed E-state index contributed by atoms with van der Waals surface area (Å²) in [5, 5.41) is 0. The van der Waals surface area contributed by atoms with Crippen molar-refractivity contribution in [1.29, 1.82) is 0 Å². The van der Waals surface area contributed by atoms with E-state index in [1.807, 2.05) is 0 Å². The molecule has 1 aliphatic carbocycles. The van der Waals surface area contributed by atoms with Crippen LogP contribution in [0.4, 0.5) is 0 Å². The average molecular weight is 247 g/mol. The fourth-order valence-electron chi connectivity index (χ4n) is 1.23. The monoisotopic (exact) mass is 247 g/mol. The van der Waals surface area contributed by atoms with Gasteiger partial charge in [0.1, 0.15) is 6.10 Å². The highest BCUT2D eigenvalue weighted by Crippen LogP contribution is 2.24. The Balaban J connectivity index is 2.28. The molecule has 1 aliphatic rings. The Bertz CT molecular complexity index is 380. The SMILES string of the molecule is C[C@H](CNS(C)(=O)=O)OC(=O)C=C1CCC1. The molecule has 5 nitrogen and oxygen atoms in total. The summed E-state index contributed by atoms with van der Waals surface area (Å²) in [6.45, 7) is 1.75. The molecular formula is C10H17NO4S. The van der Waals surface area contributed by atoms with Crippen molar-refractivity contribution in [3.8, 4) is 0 Å². The minimum absolute atomic E-state index is 0.105. The van der Waals surface area contributed by atoms with Gasteiger partial charge in [-0.1, -0.05) is 5.57 Å². The van der Waals surface area contributed by atoms with E-state index in [2.05, 4.69) is 4.72 Å². The summed E-state index contributed by atoms with van der Waals surface area (Å²) in [6, 6.07) is 0. The Kier molecular flexibility index (Phi) is 4.49. The van der Waals surface area contributed by atoms with Gasteiger partial charge in [-0.15, -0.1) is 0 Å². The molecule has 0 bridgehead atoms. The van der Waals surface area contributed by atoms with Crippen LogP contribution < -0.4 is 4.72 Å². The largest absolute Gasteiger partial charge is 0.458 e. The zero-order chi connectivity index (χ0) is 12.2. The molecule has 16 heavy (non-hydrogen) atoms. The lowest BCUT2D eigenvalue weighted by atomic mass is 9.92. The Morgan fingerprint density at radius 1 is 1.56 bits per heavy atom. The molecule has 1 rings (SSSR count). The van der Waals surface area contributed by atoms with Crippen LogP contribution in [0.2, 0.25) is 0 Å². The highest BCUT2D eigenvalue weighted by molar-refractivity contribution is 7.88. The van der Waals surface area contributed by atoms with Gasteiger partial charge in [0.25, 0.3) is 0 Å². The van der Waals surface area contributed by atoms with E-state index < -0.39 is 22.1 Å². The number of rotatable bonds is 5. The molecule has 6 heteroatoms. The normalized spacial score (nSPS) is 17.5. The zero-order valence-corrected chi connectivity index (χ0v) is 10.3. The van der Waals surface area contributed by atoms with Gasteiger partial charge in [-0.3, -0.25) is 0 Å². The number of sulfonamides is 1. The van der Waals surface area contributed by atoms with Crippen LogP contribution in [-0.4, -0.2) is 33.3 Å². The van der Waals surface area contributed by atoms with Gasteiger partial charge in [-0.2, -0.15) is 0 Å². The van der Waals surface area contributed by atoms with Crippen molar-refractivity contribution in [2.45, 2.75) is 32.3 Å². The first-order chi connectivity index (χ1) is 7.37. The molecule has 92 valence electrons. The van der Waals surface area contributed by atoms with E-state index in [1.54, 1.807) is 6.92 Å². The number of carbonyl (C=O) groups is 1. The van der Waals surface area contributed by atoms with Crippen LogP contribution in [0.15, 0.2) is 11.6 Å². The molecule has 1 atom stereocenters. The molecule has 0 unspecified atom stereocenters. The Labute approximate surface area is 95.9 Å². The van der Waals surface area contributed by atoms with Gasteiger partial charge < -0.3 is 4.74 Å². The summed E-state index contributed by atoms with van der Waals surface area (Å²) >= 11 is 0. The number of esters is 1. The molecule has 0 aromatic carbocycles. The molecule has 0 aromatic heterocycles. The van der Waals surface area contributed by atoms with E-state index in [0.29, 0.717) is 0 Å². The van der Waals surface area contributed by atoms with Gasteiger partial charge in [-0.05, 0) is 26.2 Å². The van der Waals surface area contributed by atoms with Gasteiger partial charge in [0, 0.05) is 12.6 Å². The molecule has 1 N–H and O–H groups in total. The molecule has 0 spiro atoms. The molecular weight excluding hydrogens is 230 g/mol.